The Kier molecular flexibility index (Phi) is 5.43. The van der Waals surface area contributed by atoms with Gasteiger partial charge in [-0.25, -0.2) is 9.97 Å². The molecule has 2 aromatic heterocycles. The fourth-order valence-electron chi connectivity index (χ4n) is 3.17. The van der Waals surface area contributed by atoms with Crippen molar-refractivity contribution >= 4 is 29.0 Å². The quantitative estimate of drug-likeness (QED) is 0.514. The van der Waals surface area contributed by atoms with Gasteiger partial charge in [-0.15, -0.1) is 0 Å². The summed E-state index contributed by atoms with van der Waals surface area (Å²) in [6.07, 6.45) is 6.60. The molecule has 0 bridgehead atoms. The summed E-state index contributed by atoms with van der Waals surface area (Å²) < 4.78 is 7.77. The zero-order valence-electron chi connectivity index (χ0n) is 16.4. The highest BCUT2D eigenvalue weighted by Crippen LogP contribution is 2.34. The van der Waals surface area contributed by atoms with Crippen LogP contribution in [0.25, 0.3) is 28.4 Å². The van der Waals surface area contributed by atoms with Crippen LogP contribution < -0.4 is 15.8 Å². The Labute approximate surface area is 173 Å². The lowest BCUT2D eigenvalue weighted by Gasteiger charge is -2.08. The van der Waals surface area contributed by atoms with Crippen LogP contribution in [0.2, 0.25) is 0 Å². The number of carbonyl (C=O) groups excluding carboxylic acids is 1. The molecule has 150 valence electrons. The van der Waals surface area contributed by atoms with E-state index in [1.54, 1.807) is 17.0 Å². The predicted octanol–water partition coefficient (Wildman–Crippen LogP) is 3.82. The highest BCUT2D eigenvalue weighted by Gasteiger charge is 2.14. The molecule has 7 nitrogen and oxygen atoms in total. The third-order valence-corrected chi connectivity index (χ3v) is 4.55. The number of nitrogens with one attached hydrogen (secondary N) is 1. The molecule has 0 saturated carbocycles. The molecule has 0 radical (unpaired) electrons. The summed E-state index contributed by atoms with van der Waals surface area (Å²) in [4.78, 5) is 19.7. The van der Waals surface area contributed by atoms with Gasteiger partial charge in [0.25, 0.3) is 0 Å². The van der Waals surface area contributed by atoms with Crippen molar-refractivity contribution in [2.75, 3.05) is 5.73 Å². The Bertz CT molecular complexity index is 1210. The second-order valence-electron chi connectivity index (χ2n) is 6.73. The number of benzene rings is 2. The van der Waals surface area contributed by atoms with Gasteiger partial charge in [0.15, 0.2) is 0 Å². The largest absolute Gasteiger partial charge is 0.489 e. The number of amides is 1. The van der Waals surface area contributed by atoms with Crippen LogP contribution in [0.1, 0.15) is 12.5 Å². The van der Waals surface area contributed by atoms with Crippen LogP contribution in [0.5, 0.6) is 5.75 Å². The normalized spacial score (nSPS) is 11.1. The number of hydrogen-bond acceptors (Lipinski definition) is 5. The van der Waals surface area contributed by atoms with Gasteiger partial charge in [-0.3, -0.25) is 4.79 Å². The Balaban J connectivity index is 1.69. The van der Waals surface area contributed by atoms with Crippen molar-refractivity contribution in [1.82, 2.24) is 19.9 Å². The summed E-state index contributed by atoms with van der Waals surface area (Å²) >= 11 is 0. The summed E-state index contributed by atoms with van der Waals surface area (Å²) in [7, 11) is 0. The number of nitrogen functional groups attached to an aromatic ring is 1. The van der Waals surface area contributed by atoms with Crippen molar-refractivity contribution in [3.63, 3.8) is 0 Å². The molecule has 0 aliphatic rings. The van der Waals surface area contributed by atoms with Crippen molar-refractivity contribution in [1.29, 1.82) is 0 Å². The van der Waals surface area contributed by atoms with E-state index >= 15 is 0 Å². The van der Waals surface area contributed by atoms with Gasteiger partial charge >= 0.3 is 0 Å². The minimum Gasteiger partial charge on any atom is -0.489 e. The lowest BCUT2D eigenvalue weighted by molar-refractivity contribution is -0.118. The number of nitrogens with two attached hydrogens (primary N) is 1. The van der Waals surface area contributed by atoms with Crippen molar-refractivity contribution < 1.29 is 9.53 Å². The van der Waals surface area contributed by atoms with E-state index in [0.717, 1.165) is 27.8 Å². The van der Waals surface area contributed by atoms with E-state index < -0.39 is 0 Å². The molecular weight excluding hydrogens is 378 g/mol. The molecule has 0 atom stereocenters. The van der Waals surface area contributed by atoms with Crippen LogP contribution in [0.15, 0.2) is 73.3 Å². The predicted molar refractivity (Wildman–Crippen MR) is 117 cm³/mol. The van der Waals surface area contributed by atoms with Crippen molar-refractivity contribution in [2.24, 2.45) is 0 Å². The van der Waals surface area contributed by atoms with Gasteiger partial charge in [0.2, 0.25) is 5.91 Å². The number of nitrogens with zero attached hydrogens (tertiary/aromatic N) is 3. The lowest BCUT2D eigenvalue weighted by atomic mass is 10.1. The minimum absolute atomic E-state index is 0.152. The van der Waals surface area contributed by atoms with Gasteiger partial charge in [0, 0.05) is 31.1 Å². The molecule has 0 saturated heterocycles. The number of rotatable bonds is 6. The highest BCUT2D eigenvalue weighted by atomic mass is 16.5. The van der Waals surface area contributed by atoms with Crippen molar-refractivity contribution in [3.05, 3.63) is 78.9 Å². The highest BCUT2D eigenvalue weighted by molar-refractivity contribution is 6.01. The van der Waals surface area contributed by atoms with Gasteiger partial charge < -0.3 is 20.4 Å². The summed E-state index contributed by atoms with van der Waals surface area (Å²) in [6, 6.07) is 17.8. The standard InChI is InChI=1S/C23H21N5O2/c1-16(29)25-10-11-28-13-20(21-22(24)26-15-27-23(21)28)18-8-5-9-19(12-18)30-14-17-6-3-2-4-7-17/h2-13,15H,14H2,1H3,(H,25,29)(H2,24,26,27)/b11-10-. The summed E-state index contributed by atoms with van der Waals surface area (Å²) in [5.41, 5.74) is 9.72. The molecule has 4 rings (SSSR count). The van der Waals surface area contributed by atoms with E-state index in [1.165, 1.54) is 13.3 Å². The first kappa shape index (κ1) is 19.2. The summed E-state index contributed by atoms with van der Waals surface area (Å²) in [5.74, 6) is 0.985. The molecule has 7 heteroatoms. The van der Waals surface area contributed by atoms with Crippen LogP contribution >= 0.6 is 0 Å². The van der Waals surface area contributed by atoms with E-state index in [-0.39, 0.29) is 5.91 Å². The Morgan fingerprint density at radius 3 is 2.80 bits per heavy atom. The second-order valence-corrected chi connectivity index (χ2v) is 6.73. The maximum Gasteiger partial charge on any atom is 0.220 e. The molecule has 30 heavy (non-hydrogen) atoms. The molecular formula is C23H21N5O2. The number of carbonyl (C=O) groups is 1. The fraction of sp³-hybridized carbons (Fsp3) is 0.0870. The Morgan fingerprint density at radius 2 is 2.00 bits per heavy atom. The maximum absolute atomic E-state index is 11.1. The van der Waals surface area contributed by atoms with Crippen molar-refractivity contribution in [3.8, 4) is 16.9 Å². The third-order valence-electron chi connectivity index (χ3n) is 4.55. The number of aromatic nitrogens is 3. The van der Waals surface area contributed by atoms with Gasteiger partial charge in [-0.05, 0) is 23.3 Å². The first-order valence-electron chi connectivity index (χ1n) is 9.44. The lowest BCUT2D eigenvalue weighted by Crippen LogP contribution is -2.11. The van der Waals surface area contributed by atoms with Crippen LogP contribution in [0.4, 0.5) is 5.82 Å². The first-order valence-corrected chi connectivity index (χ1v) is 9.44. The number of anilines is 1. The molecule has 0 aliphatic heterocycles. The van der Waals surface area contributed by atoms with Gasteiger partial charge in [-0.1, -0.05) is 42.5 Å². The minimum atomic E-state index is -0.152. The van der Waals surface area contributed by atoms with Crippen LogP contribution in [-0.2, 0) is 11.4 Å². The van der Waals surface area contributed by atoms with Gasteiger partial charge in [0.05, 0.1) is 5.39 Å². The first-order chi connectivity index (χ1) is 14.6. The Hall–Kier alpha value is -4.13. The van der Waals surface area contributed by atoms with Crippen LogP contribution in [0.3, 0.4) is 0 Å². The topological polar surface area (TPSA) is 95.1 Å². The third kappa shape index (κ3) is 4.15. The SMILES string of the molecule is CC(=O)N/C=C\n1cc(-c2cccc(OCc3ccccc3)c2)c2c(N)ncnc21. The molecule has 0 aliphatic carbocycles. The van der Waals surface area contributed by atoms with Gasteiger partial charge in [0.1, 0.15) is 30.1 Å². The smallest absolute Gasteiger partial charge is 0.220 e. The number of hydrogen-bond donors (Lipinski definition) is 2. The zero-order valence-corrected chi connectivity index (χ0v) is 16.4. The van der Waals surface area contributed by atoms with Crippen LogP contribution in [-0.4, -0.2) is 20.4 Å². The summed E-state index contributed by atoms with van der Waals surface area (Å²) in [6.45, 7) is 1.93. The Morgan fingerprint density at radius 1 is 1.17 bits per heavy atom. The molecule has 0 spiro atoms. The van der Waals surface area contributed by atoms with Crippen molar-refractivity contribution in [2.45, 2.75) is 13.5 Å². The maximum atomic E-state index is 11.1. The fourth-order valence-corrected chi connectivity index (χ4v) is 3.17. The van der Waals surface area contributed by atoms with Crippen LogP contribution in [0, 0.1) is 0 Å². The number of fused-ring (bicyclic) bond motifs is 1. The zero-order chi connectivity index (χ0) is 20.9. The molecule has 1 amide bonds. The molecule has 0 unspecified atom stereocenters. The molecule has 0 fully saturated rings. The monoisotopic (exact) mass is 399 g/mol. The second kappa shape index (κ2) is 8.48. The summed E-state index contributed by atoms with van der Waals surface area (Å²) in [5, 5.41) is 3.37. The average molecular weight is 399 g/mol. The molecule has 4 aromatic rings. The van der Waals surface area contributed by atoms with E-state index in [0.29, 0.717) is 18.1 Å². The van der Waals surface area contributed by atoms with E-state index in [1.807, 2.05) is 60.8 Å². The van der Waals surface area contributed by atoms with Gasteiger partial charge in [-0.2, -0.15) is 0 Å². The number of ether oxygens (including phenoxy) is 1. The molecule has 2 heterocycles. The molecule has 3 N–H and O–H groups in total. The average Bonchev–Trinajstić information content (AvgIpc) is 3.13. The van der Waals surface area contributed by atoms with E-state index in [9.17, 15) is 4.79 Å². The van der Waals surface area contributed by atoms with E-state index in [2.05, 4.69) is 15.3 Å². The molecule has 2 aromatic carbocycles. The van der Waals surface area contributed by atoms with E-state index in [4.69, 9.17) is 10.5 Å².